The van der Waals surface area contributed by atoms with E-state index >= 15 is 0 Å². The fraction of sp³-hybridized carbons (Fsp3) is 0.625. The third-order valence-electron chi connectivity index (χ3n) is 1.42. The minimum absolute atomic E-state index is 0.533. The van der Waals surface area contributed by atoms with Crippen LogP contribution in [0.25, 0.3) is 0 Å². The van der Waals surface area contributed by atoms with Crippen molar-refractivity contribution in [1.82, 2.24) is 9.78 Å². The first-order chi connectivity index (χ1) is 5.83. The van der Waals surface area contributed by atoms with E-state index < -0.39 is 0 Å². The Morgan fingerprint density at radius 2 is 2.42 bits per heavy atom. The molecule has 0 bridgehead atoms. The molecule has 68 valence electrons. The number of rotatable bonds is 5. The second kappa shape index (κ2) is 5.17. The van der Waals surface area contributed by atoms with Crippen LogP contribution in [0.1, 0.15) is 13.3 Å². The Balaban J connectivity index is 2.15. The van der Waals surface area contributed by atoms with E-state index in [1.807, 2.05) is 6.20 Å². The Kier molecular flexibility index (Phi) is 4.11. The molecule has 0 saturated heterocycles. The van der Waals surface area contributed by atoms with E-state index in [4.69, 9.17) is 16.3 Å². The van der Waals surface area contributed by atoms with Gasteiger partial charge in [0.05, 0.1) is 13.2 Å². The number of halogens is 1. The summed E-state index contributed by atoms with van der Waals surface area (Å²) in [6, 6.07) is 1.77. The Hall–Kier alpha value is -0.540. The average molecular weight is 189 g/mol. The van der Waals surface area contributed by atoms with Crippen molar-refractivity contribution in [2.45, 2.75) is 19.9 Å². The van der Waals surface area contributed by atoms with Crippen molar-refractivity contribution >= 4 is 11.6 Å². The molecular formula is C8H13ClN2O. The molecule has 1 aromatic heterocycles. The van der Waals surface area contributed by atoms with Crippen LogP contribution in [0.4, 0.5) is 0 Å². The van der Waals surface area contributed by atoms with Gasteiger partial charge >= 0.3 is 0 Å². The molecule has 0 aromatic carbocycles. The fourth-order valence-corrected chi connectivity index (χ4v) is 1.02. The predicted octanol–water partition coefficient (Wildman–Crippen LogP) is 1.96. The highest BCUT2D eigenvalue weighted by atomic mass is 35.5. The lowest BCUT2D eigenvalue weighted by Crippen LogP contribution is -2.06. The van der Waals surface area contributed by atoms with E-state index in [1.54, 1.807) is 10.7 Å². The summed E-state index contributed by atoms with van der Waals surface area (Å²) in [6.07, 6.45) is 2.90. The molecule has 12 heavy (non-hydrogen) atoms. The predicted molar refractivity (Wildman–Crippen MR) is 48.3 cm³/mol. The second-order valence-electron chi connectivity index (χ2n) is 2.51. The number of ether oxygens (including phenoxy) is 1. The first-order valence-electron chi connectivity index (χ1n) is 4.09. The summed E-state index contributed by atoms with van der Waals surface area (Å²) in [5, 5.41) is 4.54. The number of hydrogen-bond acceptors (Lipinski definition) is 2. The van der Waals surface area contributed by atoms with Crippen molar-refractivity contribution in [3.63, 3.8) is 0 Å². The monoisotopic (exact) mass is 188 g/mol. The summed E-state index contributed by atoms with van der Waals surface area (Å²) >= 11 is 5.63. The minimum atomic E-state index is 0.533. The number of nitrogens with zero attached hydrogens (tertiary/aromatic N) is 2. The van der Waals surface area contributed by atoms with E-state index in [-0.39, 0.29) is 0 Å². The van der Waals surface area contributed by atoms with Crippen LogP contribution >= 0.6 is 11.6 Å². The van der Waals surface area contributed by atoms with Crippen LogP contribution in [0.15, 0.2) is 12.3 Å². The van der Waals surface area contributed by atoms with Gasteiger partial charge in [0.15, 0.2) is 5.15 Å². The lowest BCUT2D eigenvalue weighted by atomic mass is 10.5. The van der Waals surface area contributed by atoms with Gasteiger partial charge in [0.25, 0.3) is 0 Å². The molecule has 0 aliphatic heterocycles. The van der Waals surface area contributed by atoms with Gasteiger partial charge in [0.1, 0.15) is 0 Å². The van der Waals surface area contributed by atoms with E-state index in [1.165, 1.54) is 0 Å². The van der Waals surface area contributed by atoms with Crippen molar-refractivity contribution in [3.8, 4) is 0 Å². The standard InChI is InChI=1S/C8H13ClN2O/c1-2-6-12-7-5-11-4-3-8(9)10-11/h3-4H,2,5-7H2,1H3. The third kappa shape index (κ3) is 3.24. The van der Waals surface area contributed by atoms with E-state index in [9.17, 15) is 0 Å². The van der Waals surface area contributed by atoms with E-state index in [0.29, 0.717) is 11.8 Å². The minimum Gasteiger partial charge on any atom is -0.380 e. The highest BCUT2D eigenvalue weighted by Crippen LogP contribution is 2.01. The summed E-state index contributed by atoms with van der Waals surface area (Å²) in [5.41, 5.74) is 0. The highest BCUT2D eigenvalue weighted by molar-refractivity contribution is 6.29. The summed E-state index contributed by atoms with van der Waals surface area (Å²) in [4.78, 5) is 0. The second-order valence-corrected chi connectivity index (χ2v) is 2.90. The van der Waals surface area contributed by atoms with Crippen LogP contribution < -0.4 is 0 Å². The van der Waals surface area contributed by atoms with Gasteiger partial charge < -0.3 is 4.74 Å². The lowest BCUT2D eigenvalue weighted by molar-refractivity contribution is 0.124. The molecule has 1 aromatic rings. The van der Waals surface area contributed by atoms with Gasteiger partial charge in [0.2, 0.25) is 0 Å². The summed E-state index contributed by atoms with van der Waals surface area (Å²) in [5.74, 6) is 0. The molecule has 3 nitrogen and oxygen atoms in total. The van der Waals surface area contributed by atoms with Crippen LogP contribution in [0.5, 0.6) is 0 Å². The summed E-state index contributed by atoms with van der Waals surface area (Å²) in [6.45, 7) is 4.37. The van der Waals surface area contributed by atoms with Crippen LogP contribution in [0.2, 0.25) is 5.15 Å². The van der Waals surface area contributed by atoms with Crippen molar-refractivity contribution in [1.29, 1.82) is 0 Å². The van der Waals surface area contributed by atoms with Crippen LogP contribution in [-0.4, -0.2) is 23.0 Å². The van der Waals surface area contributed by atoms with Crippen molar-refractivity contribution in [3.05, 3.63) is 17.4 Å². The molecule has 0 aliphatic carbocycles. The van der Waals surface area contributed by atoms with Gasteiger partial charge in [0, 0.05) is 12.8 Å². The molecule has 0 saturated carbocycles. The summed E-state index contributed by atoms with van der Waals surface area (Å²) < 4.78 is 7.07. The zero-order valence-corrected chi connectivity index (χ0v) is 7.92. The summed E-state index contributed by atoms with van der Waals surface area (Å²) in [7, 11) is 0. The Morgan fingerprint density at radius 1 is 1.58 bits per heavy atom. The fourth-order valence-electron chi connectivity index (χ4n) is 0.866. The first kappa shape index (κ1) is 9.55. The topological polar surface area (TPSA) is 27.1 Å². The average Bonchev–Trinajstić information content (AvgIpc) is 2.45. The SMILES string of the molecule is CCCOCCn1ccc(Cl)n1. The number of aromatic nitrogens is 2. The number of hydrogen-bond donors (Lipinski definition) is 0. The molecule has 0 spiro atoms. The first-order valence-corrected chi connectivity index (χ1v) is 4.47. The van der Waals surface area contributed by atoms with E-state index in [2.05, 4.69) is 12.0 Å². The molecule has 1 rings (SSSR count). The molecule has 4 heteroatoms. The molecular weight excluding hydrogens is 176 g/mol. The Morgan fingerprint density at radius 3 is 3.00 bits per heavy atom. The highest BCUT2D eigenvalue weighted by Gasteiger charge is 1.94. The molecule has 0 atom stereocenters. The maximum atomic E-state index is 5.63. The Labute approximate surface area is 77.3 Å². The van der Waals surface area contributed by atoms with Gasteiger partial charge in [-0.15, -0.1) is 0 Å². The molecule has 0 amide bonds. The molecule has 1 heterocycles. The quantitative estimate of drug-likeness (QED) is 0.661. The smallest absolute Gasteiger partial charge is 0.151 e. The largest absolute Gasteiger partial charge is 0.380 e. The van der Waals surface area contributed by atoms with Crippen molar-refractivity contribution < 1.29 is 4.74 Å². The maximum Gasteiger partial charge on any atom is 0.151 e. The van der Waals surface area contributed by atoms with Crippen molar-refractivity contribution in [2.75, 3.05) is 13.2 Å². The van der Waals surface area contributed by atoms with Gasteiger partial charge in [-0.1, -0.05) is 18.5 Å². The zero-order chi connectivity index (χ0) is 8.81. The molecule has 0 fully saturated rings. The molecule has 0 aliphatic rings. The van der Waals surface area contributed by atoms with Gasteiger partial charge in [-0.3, -0.25) is 4.68 Å². The zero-order valence-electron chi connectivity index (χ0n) is 7.16. The lowest BCUT2D eigenvalue weighted by Gasteiger charge is -2.01. The molecule has 0 N–H and O–H groups in total. The van der Waals surface area contributed by atoms with Gasteiger partial charge in [-0.05, 0) is 12.5 Å². The Bertz CT molecular complexity index is 225. The third-order valence-corrected chi connectivity index (χ3v) is 1.62. The van der Waals surface area contributed by atoms with Crippen molar-refractivity contribution in [2.24, 2.45) is 0 Å². The van der Waals surface area contributed by atoms with Crippen LogP contribution in [0, 0.1) is 0 Å². The maximum absolute atomic E-state index is 5.63. The van der Waals surface area contributed by atoms with Crippen LogP contribution in [0.3, 0.4) is 0 Å². The van der Waals surface area contributed by atoms with Gasteiger partial charge in [-0.2, -0.15) is 5.10 Å². The molecule has 0 radical (unpaired) electrons. The molecule has 0 unspecified atom stereocenters. The van der Waals surface area contributed by atoms with Gasteiger partial charge in [-0.25, -0.2) is 0 Å². The van der Waals surface area contributed by atoms with Crippen LogP contribution in [-0.2, 0) is 11.3 Å². The normalized spacial score (nSPS) is 10.5. The van der Waals surface area contributed by atoms with E-state index in [0.717, 1.165) is 19.6 Å².